The van der Waals surface area contributed by atoms with Gasteiger partial charge in [0.25, 0.3) is 0 Å². The van der Waals surface area contributed by atoms with Crippen LogP contribution in [0.3, 0.4) is 0 Å². The molecule has 0 heterocycles. The average molecular weight is 394 g/mol. The molecule has 0 amide bonds. The molecule has 0 N–H and O–H groups in total. The largest absolute Gasteiger partial charge is 0.377 e. The van der Waals surface area contributed by atoms with Gasteiger partial charge in [-0.2, -0.15) is 0 Å². The van der Waals surface area contributed by atoms with Crippen molar-refractivity contribution in [1.82, 2.24) is 0 Å². The molecule has 0 atom stereocenters. The van der Waals surface area contributed by atoms with Crippen LogP contribution in [-0.2, 0) is 0 Å². The predicted molar refractivity (Wildman–Crippen MR) is 143 cm³/mol. The van der Waals surface area contributed by atoms with Crippen LogP contribution in [0.5, 0.6) is 0 Å². The minimum Gasteiger partial charge on any atom is -0.377 e. The summed E-state index contributed by atoms with van der Waals surface area (Å²) in [5.41, 5.74) is 9.60. The lowest BCUT2D eigenvalue weighted by atomic mass is 10.0. The van der Waals surface area contributed by atoms with E-state index in [-0.39, 0.29) is 14.3 Å². The van der Waals surface area contributed by atoms with Crippen LogP contribution >= 0.6 is 7.92 Å². The number of nitrogens with zero attached hydrogens (tertiary/aromatic N) is 1. The lowest BCUT2D eigenvalue weighted by Crippen LogP contribution is -2.12. The highest BCUT2D eigenvalue weighted by Crippen LogP contribution is 2.38. The van der Waals surface area contributed by atoms with E-state index in [1.165, 1.54) is 0 Å². The Kier molecular flexibility index (Phi) is 7.92. The maximum atomic E-state index is 5.16. The standard InChI is InChI=1S/C26H16NP.10H2/c1-5-7-9-15-21-28(22-16-10-8-6-2)26-20-14-12-18-24(26)23-17-11-13-19-25(23)27(3)4;;;;;;;;;;/h1-2,11-14,17-20H,3-4H3;10*1H. The second-order valence-electron chi connectivity index (χ2n) is 5.53. The lowest BCUT2D eigenvalue weighted by molar-refractivity contribution is 1.13. The molecule has 0 aliphatic carbocycles. The van der Waals surface area contributed by atoms with Crippen LogP contribution in [0.4, 0.5) is 5.69 Å². The molecule has 0 fully saturated rings. The van der Waals surface area contributed by atoms with Crippen LogP contribution < -0.4 is 10.2 Å². The summed E-state index contributed by atoms with van der Waals surface area (Å²) in [7, 11) is 2.90. The zero-order valence-corrected chi connectivity index (χ0v) is 16.6. The minimum absolute atomic E-state index is 0. The van der Waals surface area contributed by atoms with Crippen LogP contribution in [0.25, 0.3) is 11.1 Å². The summed E-state index contributed by atoms with van der Waals surface area (Å²) in [5.74, 6) is 20.5. The third kappa shape index (κ3) is 5.52. The highest BCUT2D eigenvalue weighted by Gasteiger charge is 2.15. The molecule has 2 heteroatoms. The molecule has 0 unspecified atom stereocenters. The molecule has 0 aliphatic rings. The first-order valence-electron chi connectivity index (χ1n) is 8.27. The molecule has 1 nitrogen and oxygen atoms in total. The number of benzene rings is 2. The Labute approximate surface area is 184 Å². The predicted octanol–water partition coefficient (Wildman–Crippen LogP) is 6.18. The number of anilines is 1. The van der Waals surface area contributed by atoms with Crippen molar-refractivity contribution in [2.24, 2.45) is 0 Å². The van der Waals surface area contributed by atoms with Crippen molar-refractivity contribution in [3.8, 4) is 82.7 Å². The summed E-state index contributed by atoms with van der Waals surface area (Å²) < 4.78 is 0. The molecule has 0 saturated heterocycles. The summed E-state index contributed by atoms with van der Waals surface area (Å²) in [4.78, 5) is 2.09. The zero-order chi connectivity index (χ0) is 20.2. The highest BCUT2D eigenvalue weighted by molar-refractivity contribution is 7.75. The van der Waals surface area contributed by atoms with Gasteiger partial charge in [-0.25, -0.2) is 0 Å². The number of hydrogen-bond acceptors (Lipinski definition) is 1. The first kappa shape index (κ1) is 20.3. The number of rotatable bonds is 3. The van der Waals surface area contributed by atoms with Crippen molar-refractivity contribution < 1.29 is 14.3 Å². The van der Waals surface area contributed by atoms with Gasteiger partial charge in [-0.15, -0.1) is 12.8 Å². The van der Waals surface area contributed by atoms with Gasteiger partial charge in [0.2, 0.25) is 0 Å². The highest BCUT2D eigenvalue weighted by atomic mass is 31.1. The van der Waals surface area contributed by atoms with E-state index in [2.05, 4.69) is 81.8 Å². The molecular formula is C26H36NP. The Morgan fingerprint density at radius 1 is 0.714 bits per heavy atom. The average Bonchev–Trinajstić information content (AvgIpc) is 2.72. The summed E-state index contributed by atoms with van der Waals surface area (Å²) >= 11 is 0. The third-order valence-electron chi connectivity index (χ3n) is 3.55. The Morgan fingerprint density at radius 3 is 1.82 bits per heavy atom. The summed E-state index contributed by atoms with van der Waals surface area (Å²) in [6.07, 6.45) is 10.3. The fraction of sp³-hybridized carbons (Fsp3) is 0.0769. The van der Waals surface area contributed by atoms with Crippen molar-refractivity contribution in [3.05, 3.63) is 48.5 Å². The number of terminal acetylenes is 2. The molecule has 0 spiro atoms. The molecule has 2 aromatic rings. The second kappa shape index (κ2) is 10.9. The van der Waals surface area contributed by atoms with Crippen LogP contribution in [0.15, 0.2) is 48.5 Å². The molecule has 0 saturated carbocycles. The van der Waals surface area contributed by atoms with E-state index in [0.717, 1.165) is 22.1 Å². The quantitative estimate of drug-likeness (QED) is 0.444. The van der Waals surface area contributed by atoms with Gasteiger partial charge in [-0.3, -0.25) is 0 Å². The summed E-state index contributed by atoms with van der Waals surface area (Å²) in [6.45, 7) is 0. The molecule has 2 aromatic carbocycles. The fourth-order valence-electron chi connectivity index (χ4n) is 2.44. The smallest absolute Gasteiger partial charge is 0.0838 e. The van der Waals surface area contributed by atoms with Gasteiger partial charge in [0.1, 0.15) is 0 Å². The first-order valence-corrected chi connectivity index (χ1v) is 9.61. The topological polar surface area (TPSA) is 3.24 Å². The van der Waals surface area contributed by atoms with Gasteiger partial charge in [0, 0.05) is 44.9 Å². The van der Waals surface area contributed by atoms with Crippen LogP contribution in [0, 0.1) is 71.5 Å². The minimum atomic E-state index is -1.15. The van der Waals surface area contributed by atoms with Crippen LogP contribution in [-0.4, -0.2) is 14.1 Å². The number of para-hydroxylation sites is 1. The Morgan fingerprint density at radius 2 is 1.25 bits per heavy atom. The second-order valence-corrected chi connectivity index (χ2v) is 7.13. The number of hydrogen-bond donors (Lipinski definition) is 0. The van der Waals surface area contributed by atoms with Crippen molar-refractivity contribution in [3.63, 3.8) is 0 Å². The monoisotopic (exact) mass is 393 g/mol. The van der Waals surface area contributed by atoms with Crippen molar-refractivity contribution in [2.45, 2.75) is 0 Å². The van der Waals surface area contributed by atoms with Gasteiger partial charge in [0.15, 0.2) is 0 Å². The Hall–Kier alpha value is -3.97. The van der Waals surface area contributed by atoms with Crippen LogP contribution in [0.1, 0.15) is 14.3 Å². The van der Waals surface area contributed by atoms with E-state index in [1.807, 2.05) is 44.4 Å². The van der Waals surface area contributed by atoms with Crippen LogP contribution in [0.2, 0.25) is 0 Å². The first-order chi connectivity index (χ1) is 13.7. The van der Waals surface area contributed by atoms with Crippen molar-refractivity contribution >= 4 is 18.9 Å². The normalized spacial score (nSPS) is 8.18. The molecule has 150 valence electrons. The van der Waals surface area contributed by atoms with E-state index >= 15 is 0 Å². The van der Waals surface area contributed by atoms with Crippen molar-refractivity contribution in [2.75, 3.05) is 19.0 Å². The van der Waals surface area contributed by atoms with Gasteiger partial charge in [0.05, 0.1) is 7.92 Å². The van der Waals surface area contributed by atoms with Gasteiger partial charge in [-0.1, -0.05) is 42.5 Å². The maximum Gasteiger partial charge on any atom is 0.0838 e. The van der Waals surface area contributed by atoms with Gasteiger partial charge < -0.3 is 4.90 Å². The SMILES string of the molecule is C#CC#CC#CP(C#CC#CC#C)c1ccccc1-c1ccccc1N(C)C.[HH].[HH].[HH].[HH].[HH].[HH].[HH].[HH].[HH].[HH]. The summed E-state index contributed by atoms with van der Waals surface area (Å²) in [6, 6.07) is 16.3. The zero-order valence-electron chi connectivity index (χ0n) is 15.7. The maximum absolute atomic E-state index is 5.16. The Balaban J connectivity index is -0.000000120. The van der Waals surface area contributed by atoms with E-state index in [1.54, 1.807) is 0 Å². The van der Waals surface area contributed by atoms with E-state index < -0.39 is 7.92 Å². The van der Waals surface area contributed by atoms with Crippen molar-refractivity contribution in [1.29, 1.82) is 0 Å². The Bertz CT molecular complexity index is 1170. The van der Waals surface area contributed by atoms with E-state index in [4.69, 9.17) is 12.8 Å². The van der Waals surface area contributed by atoms with E-state index in [9.17, 15) is 0 Å². The van der Waals surface area contributed by atoms with E-state index in [0.29, 0.717) is 0 Å². The van der Waals surface area contributed by atoms with Gasteiger partial charge >= 0.3 is 0 Å². The third-order valence-corrected chi connectivity index (χ3v) is 5.09. The molecule has 28 heavy (non-hydrogen) atoms. The molecule has 0 aliphatic heterocycles. The lowest BCUT2D eigenvalue weighted by Gasteiger charge is -2.20. The molecular weight excluding hydrogens is 357 g/mol. The van der Waals surface area contributed by atoms with Gasteiger partial charge in [-0.05, 0) is 70.3 Å². The molecule has 2 rings (SSSR count). The molecule has 0 radical (unpaired) electrons. The fourth-order valence-corrected chi connectivity index (χ4v) is 3.74. The molecule has 0 aromatic heterocycles. The summed E-state index contributed by atoms with van der Waals surface area (Å²) in [5, 5.41) is 1.04. The molecule has 0 bridgehead atoms.